The van der Waals surface area contributed by atoms with E-state index in [-0.39, 0.29) is 36.8 Å². The molecular formula is C16H32Cl2N4O3S. The molecule has 1 N–H and O–H groups in total. The minimum Gasteiger partial charge on any atom is -0.339 e. The van der Waals surface area contributed by atoms with Crippen molar-refractivity contribution in [1.29, 1.82) is 0 Å². The molecule has 0 spiro atoms. The molecule has 3 heterocycles. The van der Waals surface area contributed by atoms with Gasteiger partial charge in [0, 0.05) is 44.8 Å². The lowest BCUT2D eigenvalue weighted by molar-refractivity contribution is -0.134. The Kier molecular flexibility index (Phi) is 9.60. The highest BCUT2D eigenvalue weighted by atomic mass is 35.5. The first-order valence-corrected chi connectivity index (χ1v) is 10.9. The first kappa shape index (κ1) is 23.9. The summed E-state index contributed by atoms with van der Waals surface area (Å²) in [6.07, 6.45) is 3.07. The van der Waals surface area contributed by atoms with E-state index in [1.807, 2.05) is 11.9 Å². The molecule has 0 saturated carbocycles. The summed E-state index contributed by atoms with van der Waals surface area (Å²) in [5.41, 5.74) is 0. The Morgan fingerprint density at radius 1 is 1.08 bits per heavy atom. The quantitative estimate of drug-likeness (QED) is 0.668. The Balaban J connectivity index is 0.00000169. The summed E-state index contributed by atoms with van der Waals surface area (Å²) in [6.45, 7) is 5.50. The van der Waals surface area contributed by atoms with E-state index in [1.54, 1.807) is 0 Å². The van der Waals surface area contributed by atoms with E-state index in [1.165, 1.54) is 6.42 Å². The number of nitrogens with zero attached hydrogens (tertiary/aromatic N) is 3. The van der Waals surface area contributed by atoms with Gasteiger partial charge in [0.1, 0.15) is 0 Å². The zero-order chi connectivity index (χ0) is 17.2. The summed E-state index contributed by atoms with van der Waals surface area (Å²) in [5, 5.41) is 3.31. The zero-order valence-corrected chi connectivity index (χ0v) is 17.9. The van der Waals surface area contributed by atoms with Crippen LogP contribution in [0.25, 0.3) is 0 Å². The van der Waals surface area contributed by atoms with Gasteiger partial charge in [0.15, 0.2) is 9.84 Å². The van der Waals surface area contributed by atoms with Gasteiger partial charge < -0.3 is 10.2 Å². The number of hydrogen-bond donors (Lipinski definition) is 1. The van der Waals surface area contributed by atoms with Crippen LogP contribution in [0.3, 0.4) is 0 Å². The highest BCUT2D eigenvalue weighted by Gasteiger charge is 2.34. The molecule has 3 aliphatic rings. The van der Waals surface area contributed by atoms with E-state index in [4.69, 9.17) is 0 Å². The number of likely N-dealkylation sites (tertiary alicyclic amines) is 1. The molecule has 2 atom stereocenters. The van der Waals surface area contributed by atoms with Crippen LogP contribution >= 0.6 is 24.8 Å². The predicted molar refractivity (Wildman–Crippen MR) is 108 cm³/mol. The fourth-order valence-corrected chi connectivity index (χ4v) is 5.89. The number of hydrogen-bond acceptors (Lipinski definition) is 6. The fourth-order valence-electron chi connectivity index (χ4n) is 4.13. The highest BCUT2D eigenvalue weighted by Crippen LogP contribution is 2.19. The van der Waals surface area contributed by atoms with E-state index in [2.05, 4.69) is 15.1 Å². The zero-order valence-electron chi connectivity index (χ0n) is 15.4. The second-order valence-electron chi connectivity index (χ2n) is 7.34. The molecule has 154 valence electrons. The second-order valence-corrected chi connectivity index (χ2v) is 9.57. The number of rotatable bonds is 4. The lowest BCUT2D eigenvalue weighted by atomic mass is 10.1. The number of halogens is 2. The molecule has 0 aromatic carbocycles. The molecule has 0 bridgehead atoms. The van der Waals surface area contributed by atoms with E-state index in [0.29, 0.717) is 24.1 Å². The van der Waals surface area contributed by atoms with E-state index < -0.39 is 9.84 Å². The topological polar surface area (TPSA) is 73.0 Å². The van der Waals surface area contributed by atoms with Crippen LogP contribution < -0.4 is 5.32 Å². The number of piperidine rings is 1. The van der Waals surface area contributed by atoms with Gasteiger partial charge in [-0.1, -0.05) is 0 Å². The summed E-state index contributed by atoms with van der Waals surface area (Å²) in [4.78, 5) is 19.0. The van der Waals surface area contributed by atoms with Crippen molar-refractivity contribution < 1.29 is 13.2 Å². The normalized spacial score (nSPS) is 29.7. The molecule has 3 saturated heterocycles. The maximum absolute atomic E-state index is 12.5. The maximum Gasteiger partial charge on any atom is 0.236 e. The van der Waals surface area contributed by atoms with Crippen molar-refractivity contribution in [3.8, 4) is 0 Å². The average molecular weight is 431 g/mol. The lowest BCUT2D eigenvalue weighted by Gasteiger charge is -2.39. The van der Waals surface area contributed by atoms with Crippen LogP contribution in [0.1, 0.15) is 19.3 Å². The molecule has 0 aromatic rings. The summed E-state index contributed by atoms with van der Waals surface area (Å²) in [7, 11) is -0.852. The smallest absolute Gasteiger partial charge is 0.236 e. The number of amides is 1. The maximum atomic E-state index is 12.5. The first-order valence-electron chi connectivity index (χ1n) is 9.09. The fraction of sp³-hybridized carbons (Fsp3) is 0.938. The van der Waals surface area contributed by atoms with E-state index in [9.17, 15) is 13.2 Å². The molecule has 0 radical (unpaired) electrons. The monoisotopic (exact) mass is 430 g/mol. The molecule has 0 aliphatic carbocycles. The summed E-state index contributed by atoms with van der Waals surface area (Å²) in [5.74, 6) is 0.823. The first-order chi connectivity index (χ1) is 11.5. The summed E-state index contributed by atoms with van der Waals surface area (Å²) >= 11 is 0. The van der Waals surface area contributed by atoms with Crippen LogP contribution in [0.5, 0.6) is 0 Å². The molecule has 26 heavy (non-hydrogen) atoms. The van der Waals surface area contributed by atoms with Crippen molar-refractivity contribution in [2.75, 3.05) is 64.4 Å². The van der Waals surface area contributed by atoms with Crippen LogP contribution in [0.15, 0.2) is 0 Å². The van der Waals surface area contributed by atoms with Crippen molar-refractivity contribution in [2.24, 2.45) is 0 Å². The molecule has 2 unspecified atom stereocenters. The number of sulfone groups is 1. The Labute approximate surface area is 169 Å². The third-order valence-corrected chi connectivity index (χ3v) is 7.41. The highest BCUT2D eigenvalue weighted by molar-refractivity contribution is 7.91. The lowest BCUT2D eigenvalue weighted by Crippen LogP contribution is -2.55. The SMILES string of the molecule is CNC1CCCN(CC(=O)N2CCN(C3CCS(=O)(=O)C3)CC2)C1.Cl.Cl. The molecule has 3 fully saturated rings. The Morgan fingerprint density at radius 3 is 2.35 bits per heavy atom. The van der Waals surface area contributed by atoms with Gasteiger partial charge in [0.25, 0.3) is 0 Å². The van der Waals surface area contributed by atoms with Crippen LogP contribution in [-0.4, -0.2) is 105 Å². The molecule has 7 nitrogen and oxygen atoms in total. The molecule has 0 aromatic heterocycles. The van der Waals surface area contributed by atoms with Gasteiger partial charge in [-0.2, -0.15) is 0 Å². The van der Waals surface area contributed by atoms with Crippen molar-refractivity contribution in [2.45, 2.75) is 31.3 Å². The predicted octanol–water partition coefficient (Wildman–Crippen LogP) is -0.155. The van der Waals surface area contributed by atoms with Crippen LogP contribution in [0.2, 0.25) is 0 Å². The summed E-state index contributed by atoms with van der Waals surface area (Å²) < 4.78 is 23.3. The van der Waals surface area contributed by atoms with Crippen LogP contribution in [0.4, 0.5) is 0 Å². The van der Waals surface area contributed by atoms with Gasteiger partial charge in [-0.05, 0) is 32.9 Å². The third-order valence-electron chi connectivity index (χ3n) is 5.66. The molecule has 1 amide bonds. The minimum atomic E-state index is -2.84. The Morgan fingerprint density at radius 2 is 1.77 bits per heavy atom. The number of carbonyl (C=O) groups is 1. The second kappa shape index (κ2) is 10.4. The summed E-state index contributed by atoms with van der Waals surface area (Å²) in [6, 6.07) is 0.651. The molecular weight excluding hydrogens is 399 g/mol. The minimum absolute atomic E-state index is 0. The van der Waals surface area contributed by atoms with Crippen molar-refractivity contribution >= 4 is 40.6 Å². The molecule has 10 heteroatoms. The van der Waals surface area contributed by atoms with E-state index >= 15 is 0 Å². The van der Waals surface area contributed by atoms with Crippen LogP contribution in [-0.2, 0) is 14.6 Å². The standard InChI is InChI=1S/C16H30N4O3S.2ClH/c1-17-14-3-2-5-18(11-14)12-16(21)20-8-6-19(7-9-20)15-4-10-24(22,23)13-15;;/h14-15,17H,2-13H2,1H3;2*1H. The average Bonchev–Trinajstić information content (AvgIpc) is 2.95. The van der Waals surface area contributed by atoms with Gasteiger partial charge in [0.2, 0.25) is 5.91 Å². The number of nitrogens with one attached hydrogen (secondary N) is 1. The van der Waals surface area contributed by atoms with Gasteiger partial charge in [-0.3, -0.25) is 14.6 Å². The van der Waals surface area contributed by atoms with Crippen molar-refractivity contribution in [1.82, 2.24) is 20.0 Å². The van der Waals surface area contributed by atoms with Gasteiger partial charge in [0.05, 0.1) is 18.1 Å². The van der Waals surface area contributed by atoms with Gasteiger partial charge in [-0.15, -0.1) is 24.8 Å². The number of piperazine rings is 1. The van der Waals surface area contributed by atoms with Gasteiger partial charge in [-0.25, -0.2) is 8.42 Å². The molecule has 3 rings (SSSR count). The number of likely N-dealkylation sites (N-methyl/N-ethyl adjacent to an activating group) is 1. The van der Waals surface area contributed by atoms with Gasteiger partial charge >= 0.3 is 0 Å². The van der Waals surface area contributed by atoms with Crippen molar-refractivity contribution in [3.63, 3.8) is 0 Å². The van der Waals surface area contributed by atoms with Crippen molar-refractivity contribution in [3.05, 3.63) is 0 Å². The third kappa shape index (κ3) is 6.21. The van der Waals surface area contributed by atoms with E-state index in [0.717, 1.165) is 52.1 Å². The molecule has 3 aliphatic heterocycles. The Hall–Kier alpha value is -0.120. The van der Waals surface area contributed by atoms with Crippen LogP contribution in [0, 0.1) is 0 Å². The Bertz CT molecular complexity index is 556. The largest absolute Gasteiger partial charge is 0.339 e. The number of carbonyl (C=O) groups excluding carboxylic acids is 1.